The smallest absolute Gasteiger partial charge is 0.221 e. The lowest BCUT2D eigenvalue weighted by atomic mass is 10.0. The van der Waals surface area contributed by atoms with Gasteiger partial charge in [-0.15, -0.1) is 0 Å². The van der Waals surface area contributed by atoms with Gasteiger partial charge in [0.15, 0.2) is 21.3 Å². The van der Waals surface area contributed by atoms with Crippen LogP contribution in [0.15, 0.2) is 65.7 Å². The minimum Gasteiger partial charge on any atom is -0.490 e. The van der Waals surface area contributed by atoms with E-state index in [2.05, 4.69) is 28.6 Å². The van der Waals surface area contributed by atoms with E-state index in [1.807, 2.05) is 50.2 Å². The van der Waals surface area contributed by atoms with Gasteiger partial charge in [0, 0.05) is 48.2 Å². The van der Waals surface area contributed by atoms with Crippen LogP contribution >= 0.6 is 0 Å². The zero-order valence-electron chi connectivity index (χ0n) is 24.5. The molecule has 0 aliphatic rings. The van der Waals surface area contributed by atoms with E-state index in [1.54, 1.807) is 18.3 Å². The van der Waals surface area contributed by atoms with Crippen LogP contribution in [0.2, 0.25) is 0 Å². The molecule has 0 saturated heterocycles. The van der Waals surface area contributed by atoms with Crippen molar-refractivity contribution in [1.82, 2.24) is 10.3 Å². The van der Waals surface area contributed by atoms with Crippen LogP contribution in [0, 0.1) is 0 Å². The van der Waals surface area contributed by atoms with Crippen LogP contribution in [0.4, 0.5) is 11.4 Å². The van der Waals surface area contributed by atoms with Gasteiger partial charge in [-0.2, -0.15) is 0 Å². The first kappa shape index (κ1) is 30.8. The van der Waals surface area contributed by atoms with Gasteiger partial charge in [-0.25, -0.2) is 8.42 Å². The average Bonchev–Trinajstić information content (AvgIpc) is 2.95. The number of sulfone groups is 1. The van der Waals surface area contributed by atoms with Gasteiger partial charge in [0.2, 0.25) is 5.91 Å². The van der Waals surface area contributed by atoms with Crippen LogP contribution in [0.5, 0.6) is 11.5 Å². The highest BCUT2D eigenvalue weighted by molar-refractivity contribution is 7.90. The Balaban J connectivity index is 1.66. The first-order valence-corrected chi connectivity index (χ1v) is 15.9. The number of hydrogen-bond donors (Lipinski definition) is 3. The van der Waals surface area contributed by atoms with Crippen molar-refractivity contribution in [3.63, 3.8) is 0 Å². The highest BCUT2D eigenvalue weighted by Crippen LogP contribution is 2.38. The lowest BCUT2D eigenvalue weighted by Gasteiger charge is -2.20. The molecule has 1 heterocycles. The molecule has 42 heavy (non-hydrogen) atoms. The van der Waals surface area contributed by atoms with Crippen molar-refractivity contribution in [2.75, 3.05) is 24.8 Å². The maximum atomic E-state index is 12.0. The number of anilines is 2. The maximum absolute atomic E-state index is 12.0. The van der Waals surface area contributed by atoms with Crippen LogP contribution in [-0.2, 0) is 40.6 Å². The molecule has 4 rings (SSSR count). The standard InChI is InChI=1S/C32H38N4O5S/c1-5-25-22(19-34-18-21-11-13-24(14-12-21)42(4,38)39)9-8-10-27(25)36-32-23(15-31(33)37)20-35-28-17-30(41-7-3)29(40-6-2)16-26(28)32/h8-14,16-17,20,34H,5-7,15,18-19H2,1-4H3,(H2,33,37)(H,35,36). The molecule has 0 unspecified atom stereocenters. The second-order valence-electron chi connectivity index (χ2n) is 9.93. The number of amides is 1. The predicted octanol–water partition coefficient (Wildman–Crippen LogP) is 5.06. The molecule has 0 aliphatic carbocycles. The number of carbonyl (C=O) groups excluding carboxylic acids is 1. The van der Waals surface area contributed by atoms with Crippen molar-refractivity contribution in [1.29, 1.82) is 0 Å². The van der Waals surface area contributed by atoms with Crippen LogP contribution in [0.1, 0.15) is 43.0 Å². The van der Waals surface area contributed by atoms with E-state index in [0.717, 1.165) is 39.9 Å². The fourth-order valence-electron chi connectivity index (χ4n) is 4.91. The fraction of sp³-hybridized carbons (Fsp3) is 0.312. The minimum atomic E-state index is -3.23. The monoisotopic (exact) mass is 590 g/mol. The molecule has 0 aliphatic heterocycles. The van der Waals surface area contributed by atoms with E-state index in [1.165, 1.54) is 6.26 Å². The summed E-state index contributed by atoms with van der Waals surface area (Å²) in [5, 5.41) is 7.87. The van der Waals surface area contributed by atoms with Crippen LogP contribution in [-0.4, -0.2) is 38.8 Å². The second-order valence-corrected chi connectivity index (χ2v) is 11.9. The van der Waals surface area contributed by atoms with Gasteiger partial charge in [0.25, 0.3) is 0 Å². The maximum Gasteiger partial charge on any atom is 0.221 e. The molecule has 0 spiro atoms. The highest BCUT2D eigenvalue weighted by Gasteiger charge is 2.17. The van der Waals surface area contributed by atoms with Crippen molar-refractivity contribution in [3.8, 4) is 11.5 Å². The highest BCUT2D eigenvalue weighted by atomic mass is 32.2. The third-order valence-electron chi connectivity index (χ3n) is 6.86. The summed E-state index contributed by atoms with van der Waals surface area (Å²) < 4.78 is 35.2. The quantitative estimate of drug-likeness (QED) is 0.186. The van der Waals surface area contributed by atoms with Crippen molar-refractivity contribution in [2.45, 2.75) is 51.6 Å². The molecule has 9 nitrogen and oxygen atoms in total. The lowest BCUT2D eigenvalue weighted by Crippen LogP contribution is -2.16. The topological polar surface area (TPSA) is 133 Å². The molecular weight excluding hydrogens is 552 g/mol. The Morgan fingerprint density at radius 1 is 0.929 bits per heavy atom. The molecule has 0 atom stereocenters. The third-order valence-corrected chi connectivity index (χ3v) is 7.99. The number of rotatable bonds is 14. The molecule has 222 valence electrons. The molecule has 0 radical (unpaired) electrons. The van der Waals surface area contributed by atoms with E-state index in [-0.39, 0.29) is 6.42 Å². The van der Waals surface area contributed by atoms with E-state index in [0.29, 0.717) is 53.8 Å². The number of nitrogens with two attached hydrogens (primary N) is 1. The molecule has 1 aromatic heterocycles. The van der Waals surface area contributed by atoms with Gasteiger partial charge < -0.3 is 25.8 Å². The summed E-state index contributed by atoms with van der Waals surface area (Å²) in [6, 6.07) is 16.8. The third kappa shape index (κ3) is 7.37. The Hall–Kier alpha value is -4.15. The van der Waals surface area contributed by atoms with Crippen LogP contribution in [0.3, 0.4) is 0 Å². The van der Waals surface area contributed by atoms with Crippen molar-refractivity contribution < 1.29 is 22.7 Å². The molecule has 4 N–H and O–H groups in total. The summed E-state index contributed by atoms with van der Waals surface area (Å²) in [5.41, 5.74) is 11.9. The van der Waals surface area contributed by atoms with E-state index in [9.17, 15) is 13.2 Å². The predicted molar refractivity (Wildman–Crippen MR) is 166 cm³/mol. The number of hydrogen-bond acceptors (Lipinski definition) is 8. The first-order chi connectivity index (χ1) is 20.1. The number of benzene rings is 3. The largest absolute Gasteiger partial charge is 0.490 e. The summed E-state index contributed by atoms with van der Waals surface area (Å²) in [4.78, 5) is 16.9. The Morgan fingerprint density at radius 2 is 1.62 bits per heavy atom. The van der Waals surface area contributed by atoms with E-state index in [4.69, 9.17) is 15.2 Å². The molecule has 1 amide bonds. The summed E-state index contributed by atoms with van der Waals surface area (Å²) >= 11 is 0. The van der Waals surface area contributed by atoms with Crippen molar-refractivity contribution in [2.24, 2.45) is 5.73 Å². The van der Waals surface area contributed by atoms with Crippen LogP contribution in [0.25, 0.3) is 10.9 Å². The Labute approximate surface area is 247 Å². The molecule has 3 aromatic carbocycles. The summed E-state index contributed by atoms with van der Waals surface area (Å²) in [6.07, 6.45) is 3.69. The molecule has 10 heteroatoms. The normalized spacial score (nSPS) is 11.4. The number of ether oxygens (including phenoxy) is 2. The van der Waals surface area contributed by atoms with E-state index < -0.39 is 15.7 Å². The second kappa shape index (κ2) is 13.7. The SMILES string of the molecule is CCOc1cc2ncc(CC(N)=O)c(Nc3cccc(CNCc4ccc(S(C)(=O)=O)cc4)c3CC)c2cc1OCC. The average molecular weight is 591 g/mol. The van der Waals surface area contributed by atoms with Gasteiger partial charge in [0.05, 0.1) is 35.7 Å². The number of fused-ring (bicyclic) bond motifs is 1. The van der Waals surface area contributed by atoms with Gasteiger partial charge in [-0.3, -0.25) is 9.78 Å². The number of nitrogens with one attached hydrogen (secondary N) is 2. The van der Waals surface area contributed by atoms with E-state index >= 15 is 0 Å². The number of aromatic nitrogens is 1. The summed E-state index contributed by atoms with van der Waals surface area (Å²) in [7, 11) is -3.23. The zero-order valence-corrected chi connectivity index (χ0v) is 25.3. The fourth-order valence-corrected chi connectivity index (χ4v) is 5.54. The number of pyridine rings is 1. The number of nitrogens with zero attached hydrogens (tertiary/aromatic N) is 1. The van der Waals surface area contributed by atoms with Gasteiger partial charge in [-0.05, 0) is 61.2 Å². The molecule has 4 aromatic rings. The molecule has 0 bridgehead atoms. The van der Waals surface area contributed by atoms with Gasteiger partial charge >= 0.3 is 0 Å². The van der Waals surface area contributed by atoms with Gasteiger partial charge in [-0.1, -0.05) is 31.2 Å². The molecule has 0 fully saturated rings. The van der Waals surface area contributed by atoms with Crippen molar-refractivity contribution in [3.05, 3.63) is 83.0 Å². The van der Waals surface area contributed by atoms with Crippen LogP contribution < -0.4 is 25.8 Å². The van der Waals surface area contributed by atoms with Crippen molar-refractivity contribution >= 4 is 38.0 Å². The molecular formula is C32H38N4O5S. The number of carbonyl (C=O) groups is 1. The minimum absolute atomic E-state index is 0.0310. The summed E-state index contributed by atoms with van der Waals surface area (Å²) in [6.45, 7) is 8.10. The zero-order chi connectivity index (χ0) is 30.3. The lowest BCUT2D eigenvalue weighted by molar-refractivity contribution is -0.117. The Morgan fingerprint density at radius 3 is 2.24 bits per heavy atom. The number of primary amides is 1. The van der Waals surface area contributed by atoms with Gasteiger partial charge in [0.1, 0.15) is 0 Å². The first-order valence-electron chi connectivity index (χ1n) is 14.0. The molecule has 0 saturated carbocycles. The Kier molecular flexibility index (Phi) is 10.0. The summed E-state index contributed by atoms with van der Waals surface area (Å²) in [5.74, 6) is 0.765. The Bertz CT molecular complexity index is 1670.